The summed E-state index contributed by atoms with van der Waals surface area (Å²) in [4.78, 5) is 2.23. The van der Waals surface area contributed by atoms with E-state index in [-0.39, 0.29) is 25.1 Å². The molecular formula is C21H25ClN6O2S. The van der Waals surface area contributed by atoms with Gasteiger partial charge in [0.15, 0.2) is 0 Å². The molecule has 4 rings (SSSR count). The second kappa shape index (κ2) is 9.75. The highest BCUT2D eigenvalue weighted by atomic mass is 35.5. The Labute approximate surface area is 191 Å². The second-order valence-electron chi connectivity index (χ2n) is 7.55. The summed E-state index contributed by atoms with van der Waals surface area (Å²) in [6.45, 7) is 8.42. The van der Waals surface area contributed by atoms with Crippen molar-refractivity contribution in [3.05, 3.63) is 40.7 Å². The molecule has 2 aromatic heterocycles. The predicted octanol–water partition coefficient (Wildman–Crippen LogP) is 3.13. The number of fused-ring (bicyclic) bond motifs is 1. The zero-order valence-electron chi connectivity index (χ0n) is 17.7. The molecule has 3 heterocycles. The fourth-order valence-electron chi connectivity index (χ4n) is 3.61. The van der Waals surface area contributed by atoms with Crippen molar-refractivity contribution in [2.45, 2.75) is 39.8 Å². The van der Waals surface area contributed by atoms with Gasteiger partial charge in [-0.15, -0.1) is 22.6 Å². The first-order valence-corrected chi connectivity index (χ1v) is 10.8. The van der Waals surface area contributed by atoms with Gasteiger partial charge in [0.25, 0.3) is 0 Å². The number of aromatic nitrogens is 4. The van der Waals surface area contributed by atoms with Gasteiger partial charge in [0, 0.05) is 42.9 Å². The van der Waals surface area contributed by atoms with E-state index in [4.69, 9.17) is 9.84 Å². The molecule has 0 bridgehead atoms. The highest BCUT2D eigenvalue weighted by molar-refractivity contribution is 7.17. The van der Waals surface area contributed by atoms with Gasteiger partial charge >= 0.3 is 0 Å². The minimum atomic E-state index is -0.00166. The van der Waals surface area contributed by atoms with E-state index in [1.165, 1.54) is 16.9 Å². The van der Waals surface area contributed by atoms with Crippen molar-refractivity contribution in [2.75, 3.05) is 19.7 Å². The molecule has 1 N–H and O–H groups in total. The van der Waals surface area contributed by atoms with Crippen LogP contribution in [-0.4, -0.2) is 55.8 Å². The van der Waals surface area contributed by atoms with Crippen LogP contribution in [0, 0.1) is 18.3 Å². The smallest absolute Gasteiger partial charge is 0.233 e. The van der Waals surface area contributed by atoms with Crippen molar-refractivity contribution in [1.29, 1.82) is 5.26 Å². The Hall–Kier alpha value is -2.51. The fourth-order valence-corrected chi connectivity index (χ4v) is 4.45. The molecule has 1 aliphatic rings. The van der Waals surface area contributed by atoms with Gasteiger partial charge in [0.2, 0.25) is 5.13 Å². The Morgan fingerprint density at radius 3 is 2.84 bits per heavy atom. The average molecular weight is 461 g/mol. The topological polar surface area (TPSA) is 100 Å². The first-order valence-electron chi connectivity index (χ1n) is 9.95. The summed E-state index contributed by atoms with van der Waals surface area (Å²) in [5, 5.41) is 33.6. The summed E-state index contributed by atoms with van der Waals surface area (Å²) in [6.07, 6.45) is 0.857. The number of β-amino-alcohol motifs (C(OH)–C–C–N with tert-alkyl or cyclic N) is 1. The molecule has 1 aromatic carbocycles. The fraction of sp³-hybridized carbons (Fsp3) is 0.429. The van der Waals surface area contributed by atoms with Crippen LogP contribution in [0.15, 0.2) is 18.2 Å². The average Bonchev–Trinajstić information content (AvgIpc) is 3.33. The number of aliphatic hydroxyl groups is 1. The van der Waals surface area contributed by atoms with Crippen molar-refractivity contribution < 1.29 is 9.84 Å². The molecule has 0 amide bonds. The van der Waals surface area contributed by atoms with Gasteiger partial charge in [0.05, 0.1) is 24.0 Å². The Kier molecular flexibility index (Phi) is 7.28. The summed E-state index contributed by atoms with van der Waals surface area (Å²) in [5.74, 6) is 0.573. The zero-order valence-corrected chi connectivity index (χ0v) is 19.3. The Balaban J connectivity index is 0.00000272. The summed E-state index contributed by atoms with van der Waals surface area (Å²) in [6, 6.07) is 7.69. The van der Waals surface area contributed by atoms with Crippen molar-refractivity contribution in [2.24, 2.45) is 0 Å². The molecule has 0 unspecified atom stereocenters. The molecule has 0 spiro atoms. The summed E-state index contributed by atoms with van der Waals surface area (Å²) < 4.78 is 7.56. The lowest BCUT2D eigenvalue weighted by molar-refractivity contribution is 0.184. The molecule has 0 saturated carbocycles. The van der Waals surface area contributed by atoms with Crippen LogP contribution in [0.25, 0.3) is 15.7 Å². The van der Waals surface area contributed by atoms with E-state index in [1.54, 1.807) is 6.07 Å². The Morgan fingerprint density at radius 2 is 2.13 bits per heavy atom. The molecule has 0 atom stereocenters. The number of nitriles is 1. The van der Waals surface area contributed by atoms with Crippen LogP contribution in [0.5, 0.6) is 5.75 Å². The highest BCUT2D eigenvalue weighted by Gasteiger charge is 2.24. The van der Waals surface area contributed by atoms with Crippen LogP contribution in [0.1, 0.15) is 36.4 Å². The number of benzene rings is 1. The monoisotopic (exact) mass is 460 g/mol. The molecular weight excluding hydrogens is 436 g/mol. The Morgan fingerprint density at radius 1 is 1.32 bits per heavy atom. The van der Waals surface area contributed by atoms with Crippen LogP contribution in [0.3, 0.4) is 0 Å². The third-order valence-electron chi connectivity index (χ3n) is 5.09. The van der Waals surface area contributed by atoms with Gasteiger partial charge in [-0.05, 0) is 39.0 Å². The van der Waals surface area contributed by atoms with Gasteiger partial charge < -0.3 is 9.84 Å². The van der Waals surface area contributed by atoms with Crippen LogP contribution in [0.4, 0.5) is 0 Å². The second-order valence-corrected chi connectivity index (χ2v) is 8.51. The highest BCUT2D eigenvalue weighted by Crippen LogP contribution is 2.31. The number of halogens is 1. The molecule has 0 aliphatic carbocycles. The van der Waals surface area contributed by atoms with E-state index >= 15 is 0 Å². The van der Waals surface area contributed by atoms with Gasteiger partial charge in [-0.25, -0.2) is 4.68 Å². The minimum Gasteiger partial charge on any atom is -0.490 e. The number of aliphatic hydroxyl groups excluding tert-OH is 1. The standard InChI is InChI=1S/C21H24N6O2S.ClH/c1-13(2)29-19-5-4-15(10-16(19)11-22)20-23-24-21(30-20)27-14(3)17-12-26(8-9-28)7-6-18(17)25-27;/h4-5,10,13,28H,6-9,12H2,1-3H3;1H. The summed E-state index contributed by atoms with van der Waals surface area (Å²) >= 11 is 1.44. The molecule has 0 saturated heterocycles. The molecule has 164 valence electrons. The number of ether oxygens (including phenoxy) is 1. The summed E-state index contributed by atoms with van der Waals surface area (Å²) in [5.41, 5.74) is 4.64. The molecule has 31 heavy (non-hydrogen) atoms. The SMILES string of the molecule is Cc1c2c(nn1-c1nnc(-c3ccc(OC(C)C)c(C#N)c3)s1)CCN(CCO)C2.Cl. The van der Waals surface area contributed by atoms with Crippen molar-refractivity contribution >= 4 is 23.7 Å². The third kappa shape index (κ3) is 4.72. The van der Waals surface area contributed by atoms with Gasteiger partial charge in [-0.1, -0.05) is 11.3 Å². The van der Waals surface area contributed by atoms with E-state index in [1.807, 2.05) is 37.6 Å². The van der Waals surface area contributed by atoms with E-state index in [9.17, 15) is 10.4 Å². The molecule has 1 aliphatic heterocycles. The molecule has 10 heteroatoms. The van der Waals surface area contributed by atoms with Crippen molar-refractivity contribution in [3.63, 3.8) is 0 Å². The molecule has 0 fully saturated rings. The van der Waals surface area contributed by atoms with Crippen LogP contribution in [0.2, 0.25) is 0 Å². The zero-order chi connectivity index (χ0) is 21.3. The molecule has 8 nitrogen and oxygen atoms in total. The first kappa shape index (κ1) is 23.2. The molecule has 3 aromatic rings. The number of hydrogen-bond donors (Lipinski definition) is 1. The largest absolute Gasteiger partial charge is 0.490 e. The van der Waals surface area contributed by atoms with Crippen molar-refractivity contribution in [3.8, 4) is 27.5 Å². The minimum absolute atomic E-state index is 0. The third-order valence-corrected chi connectivity index (χ3v) is 6.04. The lowest BCUT2D eigenvalue weighted by Gasteiger charge is -2.25. The maximum absolute atomic E-state index is 9.48. The number of hydrogen-bond acceptors (Lipinski definition) is 8. The lowest BCUT2D eigenvalue weighted by atomic mass is 10.1. The maximum Gasteiger partial charge on any atom is 0.233 e. The van der Waals surface area contributed by atoms with E-state index < -0.39 is 0 Å². The first-order chi connectivity index (χ1) is 14.5. The van der Waals surface area contributed by atoms with Crippen LogP contribution in [-0.2, 0) is 13.0 Å². The summed E-state index contributed by atoms with van der Waals surface area (Å²) in [7, 11) is 0. The quantitative estimate of drug-likeness (QED) is 0.603. The normalized spacial score (nSPS) is 13.5. The van der Waals surface area contributed by atoms with Gasteiger partial charge in [-0.2, -0.15) is 10.4 Å². The number of rotatable bonds is 6. The van der Waals surface area contributed by atoms with E-state index in [2.05, 4.69) is 21.2 Å². The van der Waals surface area contributed by atoms with E-state index in [0.717, 1.165) is 41.5 Å². The lowest BCUT2D eigenvalue weighted by Crippen LogP contribution is -2.32. The Bertz CT molecular complexity index is 1100. The van der Waals surface area contributed by atoms with E-state index in [0.29, 0.717) is 23.0 Å². The van der Waals surface area contributed by atoms with Crippen LogP contribution >= 0.6 is 23.7 Å². The van der Waals surface area contributed by atoms with Gasteiger partial charge in [0.1, 0.15) is 16.8 Å². The predicted molar refractivity (Wildman–Crippen MR) is 121 cm³/mol. The molecule has 0 radical (unpaired) electrons. The van der Waals surface area contributed by atoms with Gasteiger partial charge in [-0.3, -0.25) is 4.90 Å². The number of nitrogens with zero attached hydrogens (tertiary/aromatic N) is 6. The maximum atomic E-state index is 9.48. The van der Waals surface area contributed by atoms with Crippen molar-refractivity contribution in [1.82, 2.24) is 24.9 Å². The van der Waals surface area contributed by atoms with Crippen LogP contribution < -0.4 is 4.74 Å².